The third kappa shape index (κ3) is 1.07. The van der Waals surface area contributed by atoms with Crippen LogP contribution in [-0.2, 0) is 9.59 Å². The molecule has 0 saturated carbocycles. The fourth-order valence-corrected chi connectivity index (χ4v) is 1.15. The van der Waals surface area contributed by atoms with Gasteiger partial charge in [0.05, 0.1) is 0 Å². The van der Waals surface area contributed by atoms with Crippen LogP contribution in [0.1, 0.15) is 6.42 Å². The quantitative estimate of drug-likeness (QED) is 0.456. The summed E-state index contributed by atoms with van der Waals surface area (Å²) in [6.45, 7) is 0.482. The maximum atomic E-state index is 10.5. The maximum Gasteiger partial charge on any atom is 0.322 e. The average Bonchev–Trinajstić information content (AvgIpc) is 2.34. The van der Waals surface area contributed by atoms with Gasteiger partial charge in [-0.15, -0.1) is 0 Å². The van der Waals surface area contributed by atoms with Gasteiger partial charge in [0.25, 0.3) is 0 Å². The largest absolute Gasteiger partial charge is 0.480 e. The van der Waals surface area contributed by atoms with Crippen LogP contribution in [0.4, 0.5) is 0 Å². The van der Waals surface area contributed by atoms with Gasteiger partial charge in [-0.3, -0.25) is 9.59 Å². The van der Waals surface area contributed by atoms with E-state index < -0.39 is 17.4 Å². The Bertz CT molecular complexity index is 179. The zero-order valence-corrected chi connectivity index (χ0v) is 5.83. The molecule has 0 aromatic carbocycles. The summed E-state index contributed by atoms with van der Waals surface area (Å²) in [7, 11) is 0. The van der Waals surface area contributed by atoms with Crippen molar-refractivity contribution < 1.29 is 19.8 Å². The zero-order chi connectivity index (χ0) is 8.48. The van der Waals surface area contributed by atoms with E-state index in [0.717, 1.165) is 0 Å². The SMILES string of the molecule is O=C(O)C1(C(=O)O)CCNC1. The van der Waals surface area contributed by atoms with Crippen LogP contribution >= 0.6 is 0 Å². The van der Waals surface area contributed by atoms with E-state index in [1.165, 1.54) is 0 Å². The number of rotatable bonds is 2. The van der Waals surface area contributed by atoms with Gasteiger partial charge < -0.3 is 15.5 Å². The minimum Gasteiger partial charge on any atom is -0.480 e. The summed E-state index contributed by atoms with van der Waals surface area (Å²) >= 11 is 0. The fraction of sp³-hybridized carbons (Fsp3) is 0.667. The lowest BCUT2D eigenvalue weighted by Gasteiger charge is -2.15. The van der Waals surface area contributed by atoms with E-state index in [9.17, 15) is 9.59 Å². The van der Waals surface area contributed by atoms with Crippen LogP contribution in [0, 0.1) is 5.41 Å². The second-order valence-electron chi connectivity index (χ2n) is 2.62. The van der Waals surface area contributed by atoms with Crippen molar-refractivity contribution in [2.75, 3.05) is 13.1 Å². The number of nitrogens with one attached hydrogen (secondary N) is 1. The monoisotopic (exact) mass is 159 g/mol. The van der Waals surface area contributed by atoms with Crippen LogP contribution in [0.2, 0.25) is 0 Å². The molecule has 1 fully saturated rings. The highest BCUT2D eigenvalue weighted by Crippen LogP contribution is 2.25. The summed E-state index contributed by atoms with van der Waals surface area (Å²) in [4.78, 5) is 21.1. The Morgan fingerprint density at radius 2 is 1.82 bits per heavy atom. The summed E-state index contributed by atoms with van der Waals surface area (Å²) in [5.41, 5.74) is -1.58. The molecule has 0 aliphatic carbocycles. The van der Waals surface area contributed by atoms with E-state index in [0.29, 0.717) is 6.54 Å². The lowest BCUT2D eigenvalue weighted by atomic mass is 9.88. The summed E-state index contributed by atoms with van der Waals surface area (Å²) < 4.78 is 0. The highest BCUT2D eigenvalue weighted by Gasteiger charge is 2.48. The molecule has 3 N–H and O–H groups in total. The summed E-state index contributed by atoms with van der Waals surface area (Å²) in [6.07, 6.45) is 0.164. The number of aliphatic carboxylic acids is 2. The van der Waals surface area contributed by atoms with Crippen molar-refractivity contribution in [3.63, 3.8) is 0 Å². The van der Waals surface area contributed by atoms with Crippen molar-refractivity contribution in [3.8, 4) is 0 Å². The number of carbonyl (C=O) groups is 2. The van der Waals surface area contributed by atoms with E-state index in [2.05, 4.69) is 5.32 Å². The number of carboxylic acid groups (broad SMARTS) is 2. The molecule has 1 aliphatic rings. The van der Waals surface area contributed by atoms with Crippen molar-refractivity contribution in [1.29, 1.82) is 0 Å². The lowest BCUT2D eigenvalue weighted by Crippen LogP contribution is -2.41. The molecule has 1 rings (SSSR count). The van der Waals surface area contributed by atoms with Gasteiger partial charge in [-0.1, -0.05) is 0 Å². The van der Waals surface area contributed by atoms with Crippen molar-refractivity contribution in [2.45, 2.75) is 6.42 Å². The summed E-state index contributed by atoms with van der Waals surface area (Å²) in [6, 6.07) is 0. The van der Waals surface area contributed by atoms with Crippen molar-refractivity contribution in [2.24, 2.45) is 5.41 Å². The predicted molar refractivity (Wildman–Crippen MR) is 35.2 cm³/mol. The lowest BCUT2D eigenvalue weighted by molar-refractivity contribution is -0.162. The van der Waals surface area contributed by atoms with Crippen LogP contribution in [0.25, 0.3) is 0 Å². The molecule has 11 heavy (non-hydrogen) atoms. The van der Waals surface area contributed by atoms with Gasteiger partial charge in [0, 0.05) is 6.54 Å². The number of carboxylic acids is 2. The van der Waals surface area contributed by atoms with Gasteiger partial charge in [0.15, 0.2) is 5.41 Å². The average molecular weight is 159 g/mol. The van der Waals surface area contributed by atoms with Crippen LogP contribution in [0.3, 0.4) is 0 Å². The van der Waals surface area contributed by atoms with Crippen LogP contribution in [0.15, 0.2) is 0 Å². The third-order valence-electron chi connectivity index (χ3n) is 1.97. The Kier molecular flexibility index (Phi) is 1.82. The van der Waals surface area contributed by atoms with E-state index in [-0.39, 0.29) is 13.0 Å². The van der Waals surface area contributed by atoms with E-state index in [4.69, 9.17) is 10.2 Å². The molecule has 1 aliphatic heterocycles. The topological polar surface area (TPSA) is 86.6 Å². The first-order valence-corrected chi connectivity index (χ1v) is 3.27. The number of hydrogen-bond donors (Lipinski definition) is 3. The Hall–Kier alpha value is -1.10. The Morgan fingerprint density at radius 1 is 1.27 bits per heavy atom. The molecule has 5 nitrogen and oxygen atoms in total. The molecule has 0 radical (unpaired) electrons. The maximum absolute atomic E-state index is 10.5. The highest BCUT2D eigenvalue weighted by molar-refractivity contribution is 5.98. The first-order valence-electron chi connectivity index (χ1n) is 3.27. The molecular weight excluding hydrogens is 150 g/mol. The Balaban J connectivity index is 2.87. The molecule has 0 atom stereocenters. The Morgan fingerprint density at radius 3 is 2.00 bits per heavy atom. The first kappa shape index (κ1) is 8.00. The van der Waals surface area contributed by atoms with Gasteiger partial charge in [0.1, 0.15) is 0 Å². The molecule has 0 amide bonds. The fourth-order valence-electron chi connectivity index (χ4n) is 1.15. The first-order chi connectivity index (χ1) is 5.09. The molecule has 0 bridgehead atoms. The van der Waals surface area contributed by atoms with E-state index >= 15 is 0 Å². The molecule has 0 aromatic heterocycles. The smallest absolute Gasteiger partial charge is 0.322 e. The second kappa shape index (κ2) is 2.50. The molecule has 1 saturated heterocycles. The normalized spacial score (nSPS) is 21.5. The van der Waals surface area contributed by atoms with Crippen molar-refractivity contribution >= 4 is 11.9 Å². The minimum atomic E-state index is -1.58. The molecule has 0 aromatic rings. The van der Waals surface area contributed by atoms with E-state index in [1.807, 2.05) is 0 Å². The van der Waals surface area contributed by atoms with Gasteiger partial charge in [-0.2, -0.15) is 0 Å². The highest BCUT2D eigenvalue weighted by atomic mass is 16.4. The third-order valence-corrected chi connectivity index (χ3v) is 1.97. The van der Waals surface area contributed by atoms with Gasteiger partial charge in [-0.25, -0.2) is 0 Å². The van der Waals surface area contributed by atoms with Gasteiger partial charge in [0.2, 0.25) is 0 Å². The number of hydrogen-bond acceptors (Lipinski definition) is 3. The predicted octanol–water partition coefficient (Wildman–Crippen LogP) is -0.865. The van der Waals surface area contributed by atoms with Crippen LogP contribution in [-0.4, -0.2) is 35.2 Å². The second-order valence-corrected chi connectivity index (χ2v) is 2.62. The summed E-state index contributed by atoms with van der Waals surface area (Å²) in [5, 5.41) is 19.9. The van der Waals surface area contributed by atoms with Crippen molar-refractivity contribution in [3.05, 3.63) is 0 Å². The molecule has 5 heteroatoms. The van der Waals surface area contributed by atoms with Gasteiger partial charge in [-0.05, 0) is 13.0 Å². The zero-order valence-electron chi connectivity index (χ0n) is 5.83. The molecular formula is C6H9NO4. The molecule has 0 spiro atoms. The van der Waals surface area contributed by atoms with Crippen molar-refractivity contribution in [1.82, 2.24) is 5.32 Å². The molecule has 1 heterocycles. The summed E-state index contributed by atoms with van der Waals surface area (Å²) in [5.74, 6) is -2.51. The van der Waals surface area contributed by atoms with Gasteiger partial charge >= 0.3 is 11.9 Å². The van der Waals surface area contributed by atoms with Crippen LogP contribution in [0.5, 0.6) is 0 Å². The van der Waals surface area contributed by atoms with Crippen LogP contribution < -0.4 is 5.32 Å². The van der Waals surface area contributed by atoms with E-state index in [1.54, 1.807) is 0 Å². The molecule has 0 unspecified atom stereocenters. The minimum absolute atomic E-state index is 0.0255. The Labute approximate surface area is 63.0 Å². The molecule has 62 valence electrons. The standard InChI is InChI=1S/C6H9NO4/c8-4(9)6(5(10)11)1-2-7-3-6/h7H,1-3H2,(H,8,9)(H,10,11).